The Labute approximate surface area is 107 Å². The fourth-order valence-electron chi connectivity index (χ4n) is 2.16. The Morgan fingerprint density at radius 2 is 1.56 bits per heavy atom. The predicted molar refractivity (Wildman–Crippen MR) is 75.1 cm³/mol. The second kappa shape index (κ2) is 4.64. The molecule has 0 aliphatic carbocycles. The van der Waals surface area contributed by atoms with Gasteiger partial charge in [-0.1, -0.05) is 17.7 Å². The average molecular weight is 242 g/mol. The lowest BCUT2D eigenvalue weighted by Gasteiger charge is -2.13. The third-order valence-corrected chi connectivity index (χ3v) is 2.79. The standard InChI is InChI=1S/C14H18N4/c1-8-5-9(2)14(10(3)6-8)18-13-7-12(15)16-11(4)17-13/h5-7H,1-4H3,(H3,15,16,17,18). The van der Waals surface area contributed by atoms with Gasteiger partial charge in [-0.3, -0.25) is 0 Å². The van der Waals surface area contributed by atoms with Crippen molar-refractivity contribution in [1.29, 1.82) is 0 Å². The molecule has 1 aromatic heterocycles. The van der Waals surface area contributed by atoms with Crippen LogP contribution in [0.15, 0.2) is 18.2 Å². The van der Waals surface area contributed by atoms with Gasteiger partial charge in [0.2, 0.25) is 0 Å². The lowest BCUT2D eigenvalue weighted by atomic mass is 10.1. The van der Waals surface area contributed by atoms with Gasteiger partial charge in [-0.15, -0.1) is 0 Å². The first-order chi connectivity index (χ1) is 8.45. The van der Waals surface area contributed by atoms with E-state index in [0.717, 1.165) is 11.5 Å². The second-order valence-electron chi connectivity index (χ2n) is 4.62. The first-order valence-electron chi connectivity index (χ1n) is 5.92. The molecular formula is C14H18N4. The summed E-state index contributed by atoms with van der Waals surface area (Å²) in [7, 11) is 0. The fourth-order valence-corrected chi connectivity index (χ4v) is 2.16. The molecule has 0 amide bonds. The van der Waals surface area contributed by atoms with E-state index in [9.17, 15) is 0 Å². The van der Waals surface area contributed by atoms with Crippen LogP contribution < -0.4 is 11.1 Å². The van der Waals surface area contributed by atoms with Gasteiger partial charge in [-0.2, -0.15) is 0 Å². The summed E-state index contributed by atoms with van der Waals surface area (Å²) in [6, 6.07) is 6.03. The summed E-state index contributed by atoms with van der Waals surface area (Å²) < 4.78 is 0. The van der Waals surface area contributed by atoms with Crippen LogP contribution in [0.4, 0.5) is 17.3 Å². The minimum atomic E-state index is 0.479. The molecule has 0 bridgehead atoms. The van der Waals surface area contributed by atoms with E-state index in [4.69, 9.17) is 5.73 Å². The molecule has 4 heteroatoms. The molecule has 0 unspecified atom stereocenters. The molecule has 0 fully saturated rings. The van der Waals surface area contributed by atoms with Gasteiger partial charge < -0.3 is 11.1 Å². The minimum Gasteiger partial charge on any atom is -0.384 e. The first kappa shape index (κ1) is 12.4. The zero-order chi connectivity index (χ0) is 13.3. The van der Waals surface area contributed by atoms with Gasteiger partial charge in [0.25, 0.3) is 0 Å². The third kappa shape index (κ3) is 2.59. The summed E-state index contributed by atoms with van der Waals surface area (Å²) in [5.74, 6) is 1.88. The van der Waals surface area contributed by atoms with Crippen LogP contribution >= 0.6 is 0 Å². The van der Waals surface area contributed by atoms with E-state index in [1.165, 1.54) is 16.7 Å². The van der Waals surface area contributed by atoms with Crippen molar-refractivity contribution >= 4 is 17.3 Å². The molecule has 3 N–H and O–H groups in total. The Kier molecular flexibility index (Phi) is 3.19. The van der Waals surface area contributed by atoms with Gasteiger partial charge >= 0.3 is 0 Å². The van der Waals surface area contributed by atoms with E-state index in [1.54, 1.807) is 6.07 Å². The van der Waals surface area contributed by atoms with Gasteiger partial charge in [0.1, 0.15) is 17.5 Å². The summed E-state index contributed by atoms with van der Waals surface area (Å²) in [6.07, 6.45) is 0. The number of hydrogen-bond acceptors (Lipinski definition) is 4. The van der Waals surface area contributed by atoms with Gasteiger partial charge in [0.05, 0.1) is 0 Å². The van der Waals surface area contributed by atoms with Crippen molar-refractivity contribution in [3.63, 3.8) is 0 Å². The molecule has 0 aliphatic rings. The van der Waals surface area contributed by atoms with Crippen LogP contribution in [0.25, 0.3) is 0 Å². The minimum absolute atomic E-state index is 0.479. The number of nitrogens with two attached hydrogens (primary N) is 1. The van der Waals surface area contributed by atoms with E-state index < -0.39 is 0 Å². The highest BCUT2D eigenvalue weighted by Gasteiger charge is 2.06. The summed E-state index contributed by atoms with van der Waals surface area (Å²) in [5, 5.41) is 3.32. The topological polar surface area (TPSA) is 63.8 Å². The number of nitrogen functional groups attached to an aromatic ring is 1. The van der Waals surface area contributed by atoms with E-state index >= 15 is 0 Å². The summed E-state index contributed by atoms with van der Waals surface area (Å²) in [5.41, 5.74) is 10.5. The monoisotopic (exact) mass is 242 g/mol. The number of nitrogens with zero attached hydrogens (tertiary/aromatic N) is 2. The molecule has 1 aromatic carbocycles. The van der Waals surface area contributed by atoms with Crippen molar-refractivity contribution in [3.05, 3.63) is 40.7 Å². The van der Waals surface area contributed by atoms with Crippen molar-refractivity contribution in [2.45, 2.75) is 27.7 Å². The van der Waals surface area contributed by atoms with Crippen molar-refractivity contribution in [2.24, 2.45) is 0 Å². The van der Waals surface area contributed by atoms with Crippen LogP contribution in [0.2, 0.25) is 0 Å². The van der Waals surface area contributed by atoms with E-state index in [2.05, 4.69) is 48.2 Å². The Hall–Kier alpha value is -2.10. The number of anilines is 3. The normalized spacial score (nSPS) is 10.4. The zero-order valence-corrected chi connectivity index (χ0v) is 11.2. The Morgan fingerprint density at radius 3 is 2.11 bits per heavy atom. The van der Waals surface area contributed by atoms with E-state index in [1.807, 2.05) is 6.92 Å². The number of aryl methyl sites for hydroxylation is 4. The van der Waals surface area contributed by atoms with E-state index in [0.29, 0.717) is 11.6 Å². The number of nitrogens with one attached hydrogen (secondary N) is 1. The Balaban J connectivity index is 2.40. The Morgan fingerprint density at radius 1 is 0.944 bits per heavy atom. The van der Waals surface area contributed by atoms with Crippen molar-refractivity contribution in [2.75, 3.05) is 11.1 Å². The lowest BCUT2D eigenvalue weighted by Crippen LogP contribution is -2.03. The van der Waals surface area contributed by atoms with Crippen LogP contribution in [0.3, 0.4) is 0 Å². The number of hydrogen-bond donors (Lipinski definition) is 2. The Bertz CT molecular complexity index is 547. The summed E-state index contributed by atoms with van der Waals surface area (Å²) in [4.78, 5) is 8.39. The van der Waals surface area contributed by atoms with Gasteiger partial charge in [-0.25, -0.2) is 9.97 Å². The maximum Gasteiger partial charge on any atom is 0.136 e. The maximum atomic E-state index is 5.72. The molecule has 0 radical (unpaired) electrons. The molecule has 2 aromatic rings. The van der Waals surface area contributed by atoms with E-state index in [-0.39, 0.29) is 0 Å². The van der Waals surface area contributed by atoms with Crippen molar-refractivity contribution in [3.8, 4) is 0 Å². The summed E-state index contributed by atoms with van der Waals surface area (Å²) >= 11 is 0. The molecule has 94 valence electrons. The molecule has 0 atom stereocenters. The molecule has 0 saturated heterocycles. The molecule has 0 aliphatic heterocycles. The van der Waals surface area contributed by atoms with Gasteiger partial charge in [0.15, 0.2) is 0 Å². The lowest BCUT2D eigenvalue weighted by molar-refractivity contribution is 1.06. The molecule has 1 heterocycles. The molecule has 18 heavy (non-hydrogen) atoms. The SMILES string of the molecule is Cc1cc(C)c(Nc2cc(N)nc(C)n2)c(C)c1. The fraction of sp³-hybridized carbons (Fsp3) is 0.286. The predicted octanol–water partition coefficient (Wildman–Crippen LogP) is 3.04. The second-order valence-corrected chi connectivity index (χ2v) is 4.62. The van der Waals surface area contributed by atoms with Crippen LogP contribution in [0, 0.1) is 27.7 Å². The first-order valence-corrected chi connectivity index (χ1v) is 5.92. The number of aromatic nitrogens is 2. The molecule has 0 spiro atoms. The van der Waals surface area contributed by atoms with Crippen molar-refractivity contribution in [1.82, 2.24) is 9.97 Å². The summed E-state index contributed by atoms with van der Waals surface area (Å²) in [6.45, 7) is 8.09. The third-order valence-electron chi connectivity index (χ3n) is 2.79. The smallest absolute Gasteiger partial charge is 0.136 e. The van der Waals surface area contributed by atoms with Crippen molar-refractivity contribution < 1.29 is 0 Å². The highest BCUT2D eigenvalue weighted by molar-refractivity contribution is 5.66. The van der Waals surface area contributed by atoms with Crippen LogP contribution in [-0.2, 0) is 0 Å². The van der Waals surface area contributed by atoms with Crippen LogP contribution in [0.5, 0.6) is 0 Å². The van der Waals surface area contributed by atoms with Gasteiger partial charge in [-0.05, 0) is 38.8 Å². The largest absolute Gasteiger partial charge is 0.384 e. The molecule has 4 nitrogen and oxygen atoms in total. The maximum absolute atomic E-state index is 5.72. The number of rotatable bonds is 2. The number of benzene rings is 1. The zero-order valence-electron chi connectivity index (χ0n) is 11.2. The molecule has 2 rings (SSSR count). The van der Waals surface area contributed by atoms with Crippen LogP contribution in [0.1, 0.15) is 22.5 Å². The van der Waals surface area contributed by atoms with Gasteiger partial charge in [0, 0.05) is 11.8 Å². The highest BCUT2D eigenvalue weighted by Crippen LogP contribution is 2.25. The molecular weight excluding hydrogens is 224 g/mol. The molecule has 0 saturated carbocycles. The average Bonchev–Trinajstić information content (AvgIpc) is 2.22. The quantitative estimate of drug-likeness (QED) is 0.849. The highest BCUT2D eigenvalue weighted by atomic mass is 15.0. The van der Waals surface area contributed by atoms with Crippen LogP contribution in [-0.4, -0.2) is 9.97 Å².